The van der Waals surface area contributed by atoms with E-state index < -0.39 is 71.2 Å². The number of aryl methyl sites for hydroxylation is 1. The van der Waals surface area contributed by atoms with Gasteiger partial charge in [-0.05, 0) is 64.3 Å². The molecule has 54 heavy (non-hydrogen) atoms. The van der Waals surface area contributed by atoms with Gasteiger partial charge in [-0.2, -0.15) is 0 Å². The molecule has 0 amide bonds. The number of rotatable bonds is 7. The normalized spacial score (nSPS) is 33.7. The molecule has 294 valence electrons. The van der Waals surface area contributed by atoms with E-state index in [0.717, 1.165) is 9.80 Å². The number of aliphatic hydroxyl groups is 3. The standard InChI is InChI=1S/C41H54N2O11/c1-11-24(44)39-41(6,54-39)28-15-25(45)29-17(2)12-22-31(37(29)53-28)36(49)32-30(35(22)48)20(26-14-23(42(7)8)33(46)18(3)51-26)13-21(34(32)47)27-16-40(5,43(9)10)38(50)19(4)52-27/h12-13,15,18-19,23-24,26-27,33,38-39,44,46-50H,11,14,16H2,1-10H3/p+2/t18-,19+,23-,24-,26-,27-,33-,38-,39+,40+,41+/m1/s1. The molecule has 0 saturated carbocycles. The number of ether oxygens (including phenoxy) is 3. The maximum Gasteiger partial charge on any atom is 0.193 e. The van der Waals surface area contributed by atoms with E-state index in [1.54, 1.807) is 39.8 Å². The summed E-state index contributed by atoms with van der Waals surface area (Å²) in [6.45, 7) is 10.8. The number of quaternary nitrogens is 2. The summed E-state index contributed by atoms with van der Waals surface area (Å²) in [6.07, 6.45) is -4.45. The summed E-state index contributed by atoms with van der Waals surface area (Å²) in [6, 6.07) is 4.49. The Morgan fingerprint density at radius 3 is 2.17 bits per heavy atom. The zero-order valence-electron chi connectivity index (χ0n) is 32.8. The van der Waals surface area contributed by atoms with Gasteiger partial charge in [-0.3, -0.25) is 4.79 Å². The van der Waals surface area contributed by atoms with Crippen LogP contribution in [0.15, 0.2) is 27.4 Å². The van der Waals surface area contributed by atoms with Crippen LogP contribution in [0.1, 0.15) is 88.5 Å². The molecule has 0 spiro atoms. The number of phenolic OH excluding ortho intramolecular Hbond substituents is 3. The predicted molar refractivity (Wildman–Crippen MR) is 201 cm³/mol. The second kappa shape index (κ2) is 13.3. The molecule has 3 aliphatic rings. The highest BCUT2D eigenvalue weighted by molar-refractivity contribution is 6.21. The van der Waals surface area contributed by atoms with Gasteiger partial charge in [0.1, 0.15) is 58.5 Å². The Hall–Kier alpha value is -3.53. The van der Waals surface area contributed by atoms with Gasteiger partial charge in [-0.1, -0.05) is 6.92 Å². The highest BCUT2D eigenvalue weighted by Gasteiger charge is 2.59. The Balaban J connectivity index is 1.55. The van der Waals surface area contributed by atoms with Gasteiger partial charge in [0.15, 0.2) is 11.0 Å². The summed E-state index contributed by atoms with van der Waals surface area (Å²) < 4.78 is 25.2. The van der Waals surface area contributed by atoms with Crippen LogP contribution in [0, 0.1) is 6.92 Å². The quantitative estimate of drug-likeness (QED) is 0.0594. The van der Waals surface area contributed by atoms with E-state index in [2.05, 4.69) is 0 Å². The van der Waals surface area contributed by atoms with E-state index in [-0.39, 0.29) is 55.8 Å². The largest absolute Gasteiger partial charge is 0.507 e. The molecule has 4 aromatic rings. The minimum Gasteiger partial charge on any atom is -0.507 e. The molecule has 0 radical (unpaired) electrons. The Labute approximate surface area is 314 Å². The van der Waals surface area contributed by atoms with Crippen molar-refractivity contribution in [3.05, 3.63) is 50.9 Å². The van der Waals surface area contributed by atoms with Crippen molar-refractivity contribution in [1.82, 2.24) is 0 Å². The van der Waals surface area contributed by atoms with E-state index in [0.29, 0.717) is 36.0 Å². The molecule has 1 aromatic heterocycles. The van der Waals surface area contributed by atoms with Crippen LogP contribution in [0.25, 0.3) is 32.5 Å². The van der Waals surface area contributed by atoms with E-state index in [9.17, 15) is 35.4 Å². The molecule has 3 aromatic carbocycles. The average molecular weight is 753 g/mol. The average Bonchev–Trinajstić information content (AvgIpc) is 3.81. The first-order chi connectivity index (χ1) is 25.3. The molecule has 3 fully saturated rings. The number of benzene rings is 3. The van der Waals surface area contributed by atoms with E-state index in [4.69, 9.17) is 18.6 Å². The number of phenols is 3. The summed E-state index contributed by atoms with van der Waals surface area (Å²) in [7, 11) is 7.84. The van der Waals surface area contributed by atoms with Crippen molar-refractivity contribution in [2.45, 2.75) is 127 Å². The lowest BCUT2D eigenvalue weighted by atomic mass is 9.78. The number of aliphatic hydroxyl groups excluding tert-OH is 3. The van der Waals surface area contributed by atoms with Crippen molar-refractivity contribution in [3.63, 3.8) is 0 Å². The minimum absolute atomic E-state index is 0.00592. The number of aromatic hydroxyl groups is 3. The molecular weight excluding hydrogens is 696 g/mol. The summed E-state index contributed by atoms with van der Waals surface area (Å²) in [5.74, 6) is -0.842. The van der Waals surface area contributed by atoms with Crippen LogP contribution in [-0.4, -0.2) is 107 Å². The van der Waals surface area contributed by atoms with Gasteiger partial charge >= 0.3 is 0 Å². The molecule has 0 unspecified atom stereocenters. The van der Waals surface area contributed by atoms with Crippen molar-refractivity contribution in [3.8, 4) is 17.2 Å². The third-order valence-corrected chi connectivity index (χ3v) is 13.0. The lowest BCUT2D eigenvalue weighted by molar-refractivity contribution is -0.921. The van der Waals surface area contributed by atoms with Gasteiger partial charge in [0.2, 0.25) is 0 Å². The molecule has 4 heterocycles. The monoisotopic (exact) mass is 752 g/mol. The third-order valence-electron chi connectivity index (χ3n) is 13.0. The lowest BCUT2D eigenvalue weighted by Crippen LogP contribution is -3.17. The Morgan fingerprint density at radius 2 is 1.54 bits per heavy atom. The molecule has 13 nitrogen and oxygen atoms in total. The van der Waals surface area contributed by atoms with Gasteiger partial charge in [-0.15, -0.1) is 0 Å². The Morgan fingerprint density at radius 1 is 0.870 bits per heavy atom. The van der Waals surface area contributed by atoms with Crippen LogP contribution in [-0.2, 0) is 19.8 Å². The molecule has 3 saturated heterocycles. The molecule has 0 aliphatic carbocycles. The number of hydrogen-bond donors (Lipinski definition) is 8. The molecule has 11 atom stereocenters. The van der Waals surface area contributed by atoms with Crippen LogP contribution in [0.2, 0.25) is 0 Å². The third kappa shape index (κ3) is 5.70. The number of likely N-dealkylation sites (N-methyl/N-ethyl adjacent to an activating group) is 2. The second-order valence-corrected chi connectivity index (χ2v) is 16.9. The van der Waals surface area contributed by atoms with E-state index in [1.165, 1.54) is 6.07 Å². The van der Waals surface area contributed by atoms with Crippen molar-refractivity contribution in [1.29, 1.82) is 0 Å². The van der Waals surface area contributed by atoms with Crippen LogP contribution in [0.4, 0.5) is 0 Å². The molecular formula is C41H56N2O11+2. The summed E-state index contributed by atoms with van der Waals surface area (Å²) >= 11 is 0. The molecule has 3 aliphatic heterocycles. The molecule has 0 bridgehead atoms. The minimum atomic E-state index is -1.10. The SMILES string of the molecule is CC[C@@H](O)[C@@H]1O[C@@]1(C)c1cc(=O)c2c(C)cc3c(O)c4c([C@H]5C[C@@H]([NH+](C)C)[C@H](O)[C@@H](C)O5)cc([C@H]5C[C@](C)([NH+](C)C)[C@H](O)[C@H](C)O5)c(O)c4c(O)c3c2o1. The van der Waals surface area contributed by atoms with E-state index in [1.807, 2.05) is 42.0 Å². The second-order valence-electron chi connectivity index (χ2n) is 16.9. The van der Waals surface area contributed by atoms with Gasteiger partial charge in [0, 0.05) is 35.2 Å². The maximum atomic E-state index is 13.8. The molecule has 13 heteroatoms. The maximum absolute atomic E-state index is 13.8. The summed E-state index contributed by atoms with van der Waals surface area (Å²) in [5.41, 5.74) is -0.831. The zero-order chi connectivity index (χ0) is 39.5. The fraction of sp³-hybridized carbons (Fsp3) is 0.585. The highest BCUT2D eigenvalue weighted by atomic mass is 16.6. The van der Waals surface area contributed by atoms with Crippen molar-refractivity contribution >= 4 is 32.5 Å². The van der Waals surface area contributed by atoms with Gasteiger partial charge in [0.25, 0.3) is 0 Å². The van der Waals surface area contributed by atoms with Gasteiger partial charge < -0.3 is 59.1 Å². The predicted octanol–water partition coefficient (Wildman–Crippen LogP) is 1.75. The number of nitrogens with one attached hydrogen (secondary N) is 2. The summed E-state index contributed by atoms with van der Waals surface area (Å²) in [4.78, 5) is 15.8. The lowest BCUT2D eigenvalue weighted by Gasteiger charge is -2.46. The van der Waals surface area contributed by atoms with Crippen LogP contribution >= 0.6 is 0 Å². The fourth-order valence-corrected chi connectivity index (χ4v) is 9.20. The first kappa shape index (κ1) is 38.7. The molecule has 8 N–H and O–H groups in total. The first-order valence-electron chi connectivity index (χ1n) is 19.0. The number of epoxide rings is 1. The van der Waals surface area contributed by atoms with Gasteiger partial charge in [-0.25, -0.2) is 0 Å². The summed E-state index contributed by atoms with van der Waals surface area (Å²) in [5, 5.41) is 70.6. The Kier molecular flexibility index (Phi) is 9.54. The van der Waals surface area contributed by atoms with Gasteiger partial charge in [0.05, 0.1) is 74.9 Å². The number of fused-ring (bicyclic) bond motifs is 4. The molecule has 7 rings (SSSR count). The van der Waals surface area contributed by atoms with E-state index >= 15 is 0 Å². The van der Waals surface area contributed by atoms with Crippen LogP contribution in [0.5, 0.6) is 17.2 Å². The zero-order valence-corrected chi connectivity index (χ0v) is 32.8. The smallest absolute Gasteiger partial charge is 0.193 e. The van der Waals surface area contributed by atoms with Crippen LogP contribution < -0.4 is 15.2 Å². The highest BCUT2D eigenvalue weighted by Crippen LogP contribution is 2.55. The van der Waals surface area contributed by atoms with Crippen molar-refractivity contribution < 1.29 is 59.1 Å². The Bertz CT molecular complexity index is 2200. The fourth-order valence-electron chi connectivity index (χ4n) is 9.20. The topological polar surface area (TPSA) is 191 Å². The first-order valence-corrected chi connectivity index (χ1v) is 19.0. The van der Waals surface area contributed by atoms with Crippen LogP contribution in [0.3, 0.4) is 0 Å². The van der Waals surface area contributed by atoms with Crippen molar-refractivity contribution in [2.24, 2.45) is 0 Å². The number of hydrogen-bond acceptors (Lipinski definition) is 11. The van der Waals surface area contributed by atoms with Crippen molar-refractivity contribution in [2.75, 3.05) is 28.2 Å².